The molecule has 6 saturated heterocycles. The number of alkyl halides is 1. The van der Waals surface area contributed by atoms with Gasteiger partial charge in [-0.25, -0.2) is 0 Å². The first-order chi connectivity index (χ1) is 68.1. The van der Waals surface area contributed by atoms with Crippen LogP contribution in [0.15, 0.2) is 292 Å². The van der Waals surface area contributed by atoms with Gasteiger partial charge in [0.25, 0.3) is 0 Å². The Morgan fingerprint density at radius 1 is 0.309 bits per heavy atom. The van der Waals surface area contributed by atoms with Crippen molar-refractivity contribution in [3.63, 3.8) is 0 Å². The molecule has 14 heterocycles. The van der Waals surface area contributed by atoms with Gasteiger partial charge in [0.05, 0.1) is 102 Å². The van der Waals surface area contributed by atoms with Gasteiger partial charge in [-0.1, -0.05) is 159 Å². The first-order valence-electron chi connectivity index (χ1n) is 47.2. The Morgan fingerprint density at radius 3 is 0.942 bits per heavy atom. The number of nitrogens with one attached hydrogen (secondary N) is 7. The Hall–Kier alpha value is -9.74. The van der Waals surface area contributed by atoms with Crippen molar-refractivity contribution < 1.29 is 38.0 Å². The summed E-state index contributed by atoms with van der Waals surface area (Å²) in [5.41, 5.74) is 20.4. The predicted octanol–water partition coefficient (Wildman–Crippen LogP) is 19.2. The van der Waals surface area contributed by atoms with Crippen LogP contribution in [0.1, 0.15) is 38.5 Å². The summed E-state index contributed by atoms with van der Waals surface area (Å²) in [4.78, 5) is 119. The van der Waals surface area contributed by atoms with Crippen molar-refractivity contribution in [1.29, 1.82) is 0 Å². The molecule has 0 aliphatic carbocycles. The molecular formula is C104H109BrN14O12S8. The maximum absolute atomic E-state index is 12.6. The summed E-state index contributed by atoms with van der Waals surface area (Å²) in [5.74, 6) is 0.0723. The molecule has 139 heavy (non-hydrogen) atoms. The average molecular weight is 2080 g/mol. The summed E-state index contributed by atoms with van der Waals surface area (Å²) in [6, 6.07) is 64.8. The molecule has 35 heteroatoms. The SMILES string of the molecule is Nc1ccc2c(c1)Sc1cccc(-c3cc(N4CCOCC4)cc(=O)[nH]3)c1S2.O=C(CCCBr)Nc1ccc2c(c1)Sc1cccc(-c3cc(N4CCOCC4)cc(=O)[nH]3)c1S2.O=C(CCCN1CCOCC1)Nc1ccc2c(c1)Sc1cccc(-c3cc(N4CCOCC4)cc(=O)[nH]3)c1S2.O=c1cc(N2CCOCC2)cc(-c2cccc3c2Sc2ccc(NCCCCN4CCOCC4)cc2S3)[nH]1. The van der Waals surface area contributed by atoms with Crippen LogP contribution < -0.4 is 63.5 Å². The number of fused-ring (bicyclic) bond motifs is 8. The van der Waals surface area contributed by atoms with Gasteiger partial charge in [0, 0.05) is 274 Å². The van der Waals surface area contributed by atoms with Gasteiger partial charge in [0.15, 0.2) is 0 Å². The lowest BCUT2D eigenvalue weighted by atomic mass is 10.1. The molecular weight excluding hydrogens is 1970 g/mol. The van der Waals surface area contributed by atoms with Crippen LogP contribution in [0.2, 0.25) is 0 Å². The number of rotatable bonds is 23. The van der Waals surface area contributed by atoms with E-state index in [0.29, 0.717) is 65.7 Å². The first-order valence-corrected chi connectivity index (χ1v) is 54.8. The van der Waals surface area contributed by atoms with Crippen LogP contribution in [-0.4, -0.2) is 224 Å². The number of carbonyl (C=O) groups is 2. The van der Waals surface area contributed by atoms with E-state index in [1.54, 1.807) is 118 Å². The van der Waals surface area contributed by atoms with Crippen molar-refractivity contribution in [2.45, 2.75) is 117 Å². The largest absolute Gasteiger partial charge is 0.399 e. The number of hydrogen-bond acceptors (Lipinski definition) is 28. The number of halogens is 1. The molecule has 722 valence electrons. The molecule has 4 aromatic heterocycles. The number of nitrogen functional groups attached to an aromatic ring is 1. The fourth-order valence-electron chi connectivity index (χ4n) is 17.7. The predicted molar refractivity (Wildman–Crippen MR) is 567 cm³/mol. The fraction of sp³-hybridized carbons (Fsp3) is 0.327. The van der Waals surface area contributed by atoms with E-state index in [0.717, 1.165) is 273 Å². The number of amides is 2. The Morgan fingerprint density at radius 2 is 0.604 bits per heavy atom. The highest BCUT2D eigenvalue weighted by atomic mass is 79.9. The van der Waals surface area contributed by atoms with Gasteiger partial charge in [0.2, 0.25) is 34.1 Å². The van der Waals surface area contributed by atoms with Crippen molar-refractivity contribution in [2.24, 2.45) is 0 Å². The molecule has 10 aliphatic rings. The third kappa shape index (κ3) is 25.3. The number of morpholine rings is 6. The molecule has 6 fully saturated rings. The number of nitrogens with zero attached hydrogens (tertiary/aromatic N) is 6. The number of hydrogen-bond donors (Lipinski definition) is 8. The van der Waals surface area contributed by atoms with Gasteiger partial charge in [-0.2, -0.15) is 0 Å². The molecule has 2 amide bonds. The van der Waals surface area contributed by atoms with Crippen molar-refractivity contribution in [1.82, 2.24) is 29.7 Å². The molecule has 8 aromatic carbocycles. The molecule has 0 unspecified atom stereocenters. The standard InChI is InChI=1S/C29H32N4O4S2.C29H34N4O3S2.C25H24BrN3O3S2.C21H19N3O2S2/c34-27(5-2-8-32-9-13-36-14-10-32)30-20-6-7-24-26(17-20)38-25-4-1-3-22(29(25)39-24)23-18-21(19-28(35)31-23)33-11-15-37-16-12-33;34-28-20-22(33-12-16-36-17-13-33)19-24(31-28)23-4-3-5-26-29(23)38-25-7-6-21(18-27(25)37-26)30-8-1-2-9-32-10-14-35-15-11-32;26-8-2-5-23(30)27-16-6-7-20-22(13-16)33-21-4-1-3-18(25(21)34-20)19-14-17(15-24(31)28-19)29-9-11-32-12-10-29;22-13-4-5-17-19(10-13)27-18-3-1-2-15(21(18)28-17)16-11-14(12-20(25)23-16)24-6-8-26-9-7-24/h1,3-4,6-7,17-19H,2,5,8-16H2,(H,30,34)(H,31,35);3-7,18-20,30H,1-2,8-17H2,(H,31,34);1,3-4,6-7,13-15H,2,5,8-12H2,(H,27,30)(H,28,31);1-5,10-12H,6-9,22H2,(H,23,25). The number of aromatic amines is 4. The Balaban J connectivity index is 0.000000119. The number of carbonyl (C=O) groups excluding carboxylic acids is 2. The van der Waals surface area contributed by atoms with Crippen molar-refractivity contribution >= 4 is 167 Å². The van der Waals surface area contributed by atoms with Crippen LogP contribution in [0.25, 0.3) is 45.0 Å². The summed E-state index contributed by atoms with van der Waals surface area (Å²) < 4.78 is 32.7. The van der Waals surface area contributed by atoms with Crippen LogP contribution in [-0.2, 0) is 38.0 Å². The third-order valence-corrected chi connectivity index (χ3v) is 35.8. The van der Waals surface area contributed by atoms with Crippen LogP contribution >= 0.6 is 110 Å². The van der Waals surface area contributed by atoms with Gasteiger partial charge in [-0.15, -0.1) is 0 Å². The summed E-state index contributed by atoms with van der Waals surface area (Å²) in [6.45, 7) is 22.1. The van der Waals surface area contributed by atoms with E-state index in [9.17, 15) is 28.8 Å². The quantitative estimate of drug-likeness (QED) is 0.0168. The number of benzene rings is 8. The van der Waals surface area contributed by atoms with E-state index in [-0.39, 0.29) is 34.1 Å². The number of ether oxygens (including phenoxy) is 6. The van der Waals surface area contributed by atoms with E-state index in [2.05, 4.69) is 203 Å². The number of aromatic nitrogens is 4. The molecule has 22 rings (SSSR count). The Labute approximate surface area is 849 Å². The second-order valence-electron chi connectivity index (χ2n) is 34.4. The monoisotopic (exact) mass is 2080 g/mol. The van der Waals surface area contributed by atoms with E-state index in [4.69, 9.17) is 34.2 Å². The lowest BCUT2D eigenvalue weighted by Crippen LogP contribution is -2.37. The topological polar surface area (TPSA) is 303 Å². The van der Waals surface area contributed by atoms with Crippen LogP contribution in [0.3, 0.4) is 0 Å². The van der Waals surface area contributed by atoms with E-state index < -0.39 is 0 Å². The smallest absolute Gasteiger partial charge is 0.250 e. The molecule has 26 nitrogen and oxygen atoms in total. The number of unbranched alkanes of at least 4 members (excludes halogenated alkanes) is 1. The normalized spacial score (nSPS) is 16.5. The van der Waals surface area contributed by atoms with Gasteiger partial charge < -0.3 is 89.6 Å². The second kappa shape index (κ2) is 47.4. The van der Waals surface area contributed by atoms with Crippen molar-refractivity contribution in [2.75, 3.05) is 224 Å². The summed E-state index contributed by atoms with van der Waals surface area (Å²) in [6.07, 6.45) is 5.01. The van der Waals surface area contributed by atoms with E-state index in [1.807, 2.05) is 48.5 Å². The average Bonchev–Trinajstić information content (AvgIpc) is 0.780. The minimum atomic E-state index is -0.106. The first kappa shape index (κ1) is 98.1. The molecule has 10 aliphatic heterocycles. The Kier molecular flexibility index (Phi) is 33.5. The van der Waals surface area contributed by atoms with E-state index >= 15 is 0 Å². The van der Waals surface area contributed by atoms with Gasteiger partial charge >= 0.3 is 0 Å². The molecule has 0 spiro atoms. The highest BCUT2D eigenvalue weighted by molar-refractivity contribution is 9.09. The maximum atomic E-state index is 12.6. The second-order valence-corrected chi connectivity index (χ2v) is 43.8. The van der Waals surface area contributed by atoms with Crippen molar-refractivity contribution in [3.05, 3.63) is 236 Å². The lowest BCUT2D eigenvalue weighted by Gasteiger charge is -2.29. The molecule has 9 N–H and O–H groups in total. The van der Waals surface area contributed by atoms with Crippen LogP contribution in [0.4, 0.5) is 45.5 Å². The third-order valence-electron chi connectivity index (χ3n) is 24.8. The van der Waals surface area contributed by atoms with Crippen LogP contribution in [0.5, 0.6) is 0 Å². The number of nitrogens with two attached hydrogens (primary N) is 1. The Bertz CT molecular complexity index is 6680. The van der Waals surface area contributed by atoms with Gasteiger partial charge in [-0.05, 0) is 160 Å². The lowest BCUT2D eigenvalue weighted by molar-refractivity contribution is -0.117. The number of anilines is 8. The number of pyridine rings is 4. The molecule has 0 saturated carbocycles. The highest BCUT2D eigenvalue weighted by Gasteiger charge is 2.30. The molecule has 12 aromatic rings. The molecule has 0 atom stereocenters. The molecule has 0 radical (unpaired) electrons. The fourth-order valence-corrected chi connectivity index (χ4v) is 27.7. The highest BCUT2D eigenvalue weighted by Crippen LogP contribution is 2.57. The van der Waals surface area contributed by atoms with Crippen LogP contribution in [0, 0.1) is 0 Å². The minimum Gasteiger partial charge on any atom is -0.399 e. The zero-order chi connectivity index (χ0) is 94.9. The van der Waals surface area contributed by atoms with Crippen molar-refractivity contribution in [3.8, 4) is 45.0 Å². The molecule has 0 bridgehead atoms. The summed E-state index contributed by atoms with van der Waals surface area (Å²) >= 11 is 17.2. The summed E-state index contributed by atoms with van der Waals surface area (Å²) in [5, 5.41) is 10.5. The van der Waals surface area contributed by atoms with E-state index in [1.165, 1.54) is 51.3 Å². The number of H-pyrrole nitrogens is 4. The minimum absolute atomic E-state index is 0.0275. The summed E-state index contributed by atoms with van der Waals surface area (Å²) in [7, 11) is 0. The van der Waals surface area contributed by atoms with Gasteiger partial charge in [-0.3, -0.25) is 38.6 Å². The zero-order valence-corrected chi connectivity index (χ0v) is 84.9. The van der Waals surface area contributed by atoms with Gasteiger partial charge in [0.1, 0.15) is 0 Å². The zero-order valence-electron chi connectivity index (χ0n) is 76.8. The maximum Gasteiger partial charge on any atom is 0.250 e.